The Bertz CT molecular complexity index is 963. The number of benzene rings is 2. The second-order valence-electron chi connectivity index (χ2n) is 6.66. The molecule has 0 saturated carbocycles. The summed E-state index contributed by atoms with van der Waals surface area (Å²) in [5, 5.41) is 0. The van der Waals surface area contributed by atoms with Crippen LogP contribution in [0.3, 0.4) is 0 Å². The van der Waals surface area contributed by atoms with Crippen molar-refractivity contribution in [2.75, 3.05) is 21.3 Å². The first kappa shape index (κ1) is 21.6. The van der Waals surface area contributed by atoms with Gasteiger partial charge in [-0.25, -0.2) is 9.59 Å². The zero-order chi connectivity index (χ0) is 21.7. The molecule has 0 saturated heterocycles. The number of ether oxygens (including phenoxy) is 3. The van der Waals surface area contributed by atoms with Crippen molar-refractivity contribution in [1.82, 2.24) is 4.90 Å². The van der Waals surface area contributed by atoms with Crippen molar-refractivity contribution >= 4 is 27.9 Å². The van der Waals surface area contributed by atoms with Gasteiger partial charge in [0.25, 0.3) is 0 Å². The molecule has 7 heteroatoms. The predicted molar refractivity (Wildman–Crippen MR) is 116 cm³/mol. The van der Waals surface area contributed by atoms with Crippen LogP contribution in [-0.4, -0.2) is 38.2 Å². The van der Waals surface area contributed by atoms with Crippen LogP contribution in [0.15, 0.2) is 76.5 Å². The first-order chi connectivity index (χ1) is 14.5. The molecule has 0 fully saturated rings. The largest absolute Gasteiger partial charge is 0.497 e. The molecule has 0 aromatic heterocycles. The maximum absolute atomic E-state index is 12.6. The van der Waals surface area contributed by atoms with E-state index in [-0.39, 0.29) is 0 Å². The van der Waals surface area contributed by atoms with Crippen LogP contribution in [0.25, 0.3) is 0 Å². The van der Waals surface area contributed by atoms with E-state index in [0.717, 1.165) is 21.3 Å². The third-order valence-electron chi connectivity index (χ3n) is 4.78. The van der Waals surface area contributed by atoms with Crippen molar-refractivity contribution < 1.29 is 23.8 Å². The number of carbonyl (C=O) groups is 2. The summed E-state index contributed by atoms with van der Waals surface area (Å²) in [6.07, 6.45) is 3.43. The second kappa shape index (κ2) is 9.63. The molecule has 1 aliphatic rings. The maximum Gasteiger partial charge on any atom is 0.336 e. The number of rotatable bonds is 6. The van der Waals surface area contributed by atoms with Gasteiger partial charge in [-0.15, -0.1) is 0 Å². The van der Waals surface area contributed by atoms with Crippen LogP contribution in [0.5, 0.6) is 5.75 Å². The van der Waals surface area contributed by atoms with Crippen LogP contribution in [-0.2, 0) is 25.6 Å². The Morgan fingerprint density at radius 3 is 2.03 bits per heavy atom. The smallest absolute Gasteiger partial charge is 0.336 e. The van der Waals surface area contributed by atoms with E-state index in [1.807, 2.05) is 48.5 Å². The number of nitrogens with zero attached hydrogens (tertiary/aromatic N) is 1. The lowest BCUT2D eigenvalue weighted by atomic mass is 9.83. The monoisotopic (exact) mass is 471 g/mol. The van der Waals surface area contributed by atoms with Gasteiger partial charge < -0.3 is 19.1 Å². The molecule has 2 aromatic carbocycles. The molecule has 156 valence electrons. The van der Waals surface area contributed by atoms with E-state index in [9.17, 15) is 9.59 Å². The van der Waals surface area contributed by atoms with Gasteiger partial charge in [-0.3, -0.25) is 0 Å². The Kier molecular flexibility index (Phi) is 6.95. The van der Waals surface area contributed by atoms with Crippen molar-refractivity contribution in [3.05, 3.63) is 87.7 Å². The third kappa shape index (κ3) is 4.74. The highest BCUT2D eigenvalue weighted by Crippen LogP contribution is 2.38. The number of hydrogen-bond acceptors (Lipinski definition) is 6. The van der Waals surface area contributed by atoms with E-state index >= 15 is 0 Å². The molecule has 0 aliphatic carbocycles. The molecule has 6 nitrogen and oxygen atoms in total. The Labute approximate surface area is 183 Å². The summed E-state index contributed by atoms with van der Waals surface area (Å²) in [5.74, 6) is -0.860. The molecule has 2 aromatic rings. The van der Waals surface area contributed by atoms with Crippen LogP contribution >= 0.6 is 15.9 Å². The van der Waals surface area contributed by atoms with Crippen molar-refractivity contribution in [2.24, 2.45) is 0 Å². The fourth-order valence-corrected chi connectivity index (χ4v) is 3.78. The van der Waals surface area contributed by atoms with E-state index < -0.39 is 17.9 Å². The van der Waals surface area contributed by atoms with Gasteiger partial charge >= 0.3 is 11.9 Å². The SMILES string of the molecule is COC(=O)C1=CN(Cc2ccc(OC)cc2)C=C(C(=O)OC)C1c1cccc(Br)c1. The minimum atomic E-state index is -0.602. The minimum absolute atomic E-state index is 0.354. The average molecular weight is 472 g/mol. The Balaban J connectivity index is 2.04. The van der Waals surface area contributed by atoms with E-state index in [0.29, 0.717) is 17.7 Å². The number of methoxy groups -OCH3 is 3. The molecule has 30 heavy (non-hydrogen) atoms. The van der Waals surface area contributed by atoms with E-state index in [1.54, 1.807) is 24.4 Å². The van der Waals surface area contributed by atoms with Gasteiger partial charge in [-0.2, -0.15) is 0 Å². The zero-order valence-corrected chi connectivity index (χ0v) is 18.5. The molecule has 0 atom stereocenters. The first-order valence-electron chi connectivity index (χ1n) is 9.21. The highest BCUT2D eigenvalue weighted by Gasteiger charge is 2.35. The summed E-state index contributed by atoms with van der Waals surface area (Å²) in [7, 11) is 4.26. The molecular weight excluding hydrogens is 450 g/mol. The fourth-order valence-electron chi connectivity index (χ4n) is 3.37. The lowest BCUT2D eigenvalue weighted by Gasteiger charge is -2.30. The van der Waals surface area contributed by atoms with Crippen LogP contribution in [0.1, 0.15) is 17.0 Å². The Hall–Kier alpha value is -3.06. The zero-order valence-electron chi connectivity index (χ0n) is 16.9. The lowest BCUT2D eigenvalue weighted by Crippen LogP contribution is -2.28. The highest BCUT2D eigenvalue weighted by molar-refractivity contribution is 9.10. The van der Waals surface area contributed by atoms with Gasteiger partial charge in [-0.1, -0.05) is 40.2 Å². The van der Waals surface area contributed by atoms with Crippen LogP contribution in [0.4, 0.5) is 0 Å². The second-order valence-corrected chi connectivity index (χ2v) is 7.58. The van der Waals surface area contributed by atoms with Crippen molar-refractivity contribution in [1.29, 1.82) is 0 Å². The fraction of sp³-hybridized carbons (Fsp3) is 0.217. The quantitative estimate of drug-likeness (QED) is 0.589. The number of carbonyl (C=O) groups excluding carboxylic acids is 2. The van der Waals surface area contributed by atoms with Crippen LogP contribution < -0.4 is 4.74 Å². The lowest BCUT2D eigenvalue weighted by molar-refractivity contribution is -0.137. The molecule has 0 unspecified atom stereocenters. The number of esters is 2. The topological polar surface area (TPSA) is 65.1 Å². The van der Waals surface area contributed by atoms with E-state index in [2.05, 4.69) is 15.9 Å². The van der Waals surface area contributed by atoms with Crippen molar-refractivity contribution in [3.8, 4) is 5.75 Å². The van der Waals surface area contributed by atoms with Crippen molar-refractivity contribution in [3.63, 3.8) is 0 Å². The normalized spacial score (nSPS) is 13.9. The average Bonchev–Trinajstić information content (AvgIpc) is 2.77. The molecule has 0 bridgehead atoms. The minimum Gasteiger partial charge on any atom is -0.497 e. The van der Waals surface area contributed by atoms with Gasteiger partial charge in [0.2, 0.25) is 0 Å². The molecule has 0 amide bonds. The molecule has 0 radical (unpaired) electrons. The predicted octanol–water partition coefficient (Wildman–Crippen LogP) is 4.17. The molecule has 0 N–H and O–H groups in total. The third-order valence-corrected chi connectivity index (χ3v) is 5.27. The van der Waals surface area contributed by atoms with Crippen molar-refractivity contribution in [2.45, 2.75) is 12.5 Å². The summed E-state index contributed by atoms with van der Waals surface area (Å²) in [4.78, 5) is 27.1. The Morgan fingerprint density at radius 2 is 1.53 bits per heavy atom. The molecular formula is C23H22BrNO5. The highest BCUT2D eigenvalue weighted by atomic mass is 79.9. The van der Waals surface area contributed by atoms with Gasteiger partial charge in [-0.05, 0) is 35.4 Å². The number of halogens is 1. The molecule has 1 heterocycles. The van der Waals surface area contributed by atoms with Gasteiger partial charge in [0.05, 0.1) is 38.4 Å². The van der Waals surface area contributed by atoms with Gasteiger partial charge in [0, 0.05) is 23.4 Å². The molecule has 1 aliphatic heterocycles. The van der Waals surface area contributed by atoms with Gasteiger partial charge in [0.1, 0.15) is 5.75 Å². The summed E-state index contributed by atoms with van der Waals surface area (Å²) in [5.41, 5.74) is 2.47. The van der Waals surface area contributed by atoms with E-state index in [4.69, 9.17) is 14.2 Å². The molecule has 0 spiro atoms. The summed E-state index contributed by atoms with van der Waals surface area (Å²) >= 11 is 3.45. The first-order valence-corrected chi connectivity index (χ1v) is 10.00. The van der Waals surface area contributed by atoms with Gasteiger partial charge in [0.15, 0.2) is 0 Å². The standard InChI is InChI=1S/C23H22BrNO5/c1-28-18-9-7-15(8-10-18)12-25-13-19(22(26)29-2)21(20(14-25)23(27)30-3)16-5-4-6-17(24)11-16/h4-11,13-14,21H,12H2,1-3H3. The van der Waals surface area contributed by atoms with Crippen LogP contribution in [0, 0.1) is 0 Å². The Morgan fingerprint density at radius 1 is 0.933 bits per heavy atom. The summed E-state index contributed by atoms with van der Waals surface area (Å²) in [6, 6.07) is 15.0. The molecule has 3 rings (SSSR count). The summed E-state index contributed by atoms with van der Waals surface area (Å²) in [6.45, 7) is 0.455. The summed E-state index contributed by atoms with van der Waals surface area (Å²) < 4.78 is 16.1. The van der Waals surface area contributed by atoms with Crippen LogP contribution in [0.2, 0.25) is 0 Å². The van der Waals surface area contributed by atoms with E-state index in [1.165, 1.54) is 14.2 Å². The maximum atomic E-state index is 12.6. The number of hydrogen-bond donors (Lipinski definition) is 0.